The van der Waals surface area contributed by atoms with Crippen LogP contribution in [0.15, 0.2) is 10.3 Å². The summed E-state index contributed by atoms with van der Waals surface area (Å²) in [4.78, 5) is 10.4. The standard InChI is InChI=1S/C8H7F3O2S2/c1-13-6(12)4-3-5(8(9,10)11)15-7(4)14-2/h3H,1-2H3. The fourth-order valence-electron chi connectivity index (χ4n) is 0.918. The molecule has 0 aliphatic rings. The maximum Gasteiger partial charge on any atom is 0.425 e. The normalized spacial score (nSPS) is 11.5. The second kappa shape index (κ2) is 4.44. The molecule has 0 N–H and O–H groups in total. The van der Waals surface area contributed by atoms with Gasteiger partial charge in [-0.2, -0.15) is 13.2 Å². The molecule has 7 heteroatoms. The molecule has 15 heavy (non-hydrogen) atoms. The summed E-state index contributed by atoms with van der Waals surface area (Å²) in [5, 5.41) is 0. The second-order valence-corrected chi connectivity index (χ2v) is 4.63. The van der Waals surface area contributed by atoms with Gasteiger partial charge in [0.1, 0.15) is 4.88 Å². The maximum atomic E-state index is 12.3. The number of thiophene rings is 1. The van der Waals surface area contributed by atoms with Gasteiger partial charge in [-0.25, -0.2) is 4.79 Å². The Morgan fingerprint density at radius 3 is 2.53 bits per heavy atom. The molecule has 0 aliphatic heterocycles. The van der Waals surface area contributed by atoms with Gasteiger partial charge in [-0.05, 0) is 12.3 Å². The number of methoxy groups -OCH3 is 1. The molecule has 84 valence electrons. The fraction of sp³-hybridized carbons (Fsp3) is 0.375. The first-order valence-electron chi connectivity index (χ1n) is 3.73. The van der Waals surface area contributed by atoms with E-state index in [0.717, 1.165) is 24.9 Å². The van der Waals surface area contributed by atoms with Gasteiger partial charge in [0, 0.05) is 0 Å². The van der Waals surface area contributed by atoms with Crippen molar-refractivity contribution in [1.29, 1.82) is 0 Å². The molecule has 0 atom stereocenters. The van der Waals surface area contributed by atoms with Crippen molar-refractivity contribution >= 4 is 29.1 Å². The Hall–Kier alpha value is -0.690. The molecule has 1 heterocycles. The average Bonchev–Trinajstić information content (AvgIpc) is 2.59. The van der Waals surface area contributed by atoms with Crippen molar-refractivity contribution in [3.63, 3.8) is 0 Å². The van der Waals surface area contributed by atoms with Crippen LogP contribution < -0.4 is 0 Å². The van der Waals surface area contributed by atoms with Crippen LogP contribution in [0.5, 0.6) is 0 Å². The van der Waals surface area contributed by atoms with Gasteiger partial charge < -0.3 is 4.74 Å². The zero-order valence-electron chi connectivity index (χ0n) is 7.84. The number of hydrogen-bond acceptors (Lipinski definition) is 4. The number of ether oxygens (including phenoxy) is 1. The topological polar surface area (TPSA) is 26.3 Å². The molecule has 0 bridgehead atoms. The van der Waals surface area contributed by atoms with E-state index in [0.29, 0.717) is 15.5 Å². The molecule has 0 saturated heterocycles. The van der Waals surface area contributed by atoms with Crippen molar-refractivity contribution in [2.45, 2.75) is 10.4 Å². The molecule has 0 fully saturated rings. The lowest BCUT2D eigenvalue weighted by Crippen LogP contribution is -2.03. The lowest BCUT2D eigenvalue weighted by molar-refractivity contribution is -0.134. The summed E-state index contributed by atoms with van der Waals surface area (Å²) in [6, 6.07) is 0.822. The molecule has 0 saturated carbocycles. The Morgan fingerprint density at radius 2 is 2.13 bits per heavy atom. The lowest BCUT2D eigenvalue weighted by atomic mass is 10.3. The molecule has 0 spiro atoms. The Morgan fingerprint density at radius 1 is 1.53 bits per heavy atom. The fourth-order valence-corrected chi connectivity index (χ4v) is 2.63. The summed E-state index contributed by atoms with van der Waals surface area (Å²) in [6.45, 7) is 0. The van der Waals surface area contributed by atoms with E-state index in [-0.39, 0.29) is 5.56 Å². The Bertz CT molecular complexity index is 370. The van der Waals surface area contributed by atoms with Crippen LogP contribution in [0.3, 0.4) is 0 Å². The number of thioether (sulfide) groups is 1. The van der Waals surface area contributed by atoms with Gasteiger partial charge in [-0.1, -0.05) is 0 Å². The number of carbonyl (C=O) groups excluding carboxylic acids is 1. The van der Waals surface area contributed by atoms with E-state index in [9.17, 15) is 18.0 Å². The van der Waals surface area contributed by atoms with Crippen LogP contribution in [-0.4, -0.2) is 19.3 Å². The van der Waals surface area contributed by atoms with Crippen LogP contribution in [0.4, 0.5) is 13.2 Å². The molecule has 1 rings (SSSR count). The first kappa shape index (κ1) is 12.4. The van der Waals surface area contributed by atoms with Crippen molar-refractivity contribution in [2.75, 3.05) is 13.4 Å². The average molecular weight is 256 g/mol. The summed E-state index contributed by atoms with van der Waals surface area (Å²) in [5.74, 6) is -0.744. The number of hydrogen-bond donors (Lipinski definition) is 0. The molecular formula is C8H7F3O2S2. The maximum absolute atomic E-state index is 12.3. The van der Waals surface area contributed by atoms with Crippen molar-refractivity contribution in [1.82, 2.24) is 0 Å². The van der Waals surface area contributed by atoms with Crippen molar-refractivity contribution in [2.24, 2.45) is 0 Å². The van der Waals surface area contributed by atoms with Gasteiger partial charge in [-0.15, -0.1) is 23.1 Å². The third-order valence-electron chi connectivity index (χ3n) is 1.57. The summed E-state index contributed by atoms with van der Waals surface area (Å²) >= 11 is 1.64. The molecule has 0 unspecified atom stereocenters. The quantitative estimate of drug-likeness (QED) is 0.600. The highest BCUT2D eigenvalue weighted by molar-refractivity contribution is 8.00. The number of rotatable bonds is 2. The predicted octanol–water partition coefficient (Wildman–Crippen LogP) is 3.28. The van der Waals surface area contributed by atoms with E-state index < -0.39 is 17.0 Å². The smallest absolute Gasteiger partial charge is 0.425 e. The van der Waals surface area contributed by atoms with Gasteiger partial charge in [-0.3, -0.25) is 0 Å². The van der Waals surface area contributed by atoms with E-state index in [1.54, 1.807) is 6.26 Å². The van der Waals surface area contributed by atoms with Gasteiger partial charge in [0.05, 0.1) is 16.9 Å². The van der Waals surface area contributed by atoms with Crippen LogP contribution >= 0.6 is 23.1 Å². The van der Waals surface area contributed by atoms with E-state index in [4.69, 9.17) is 0 Å². The summed E-state index contributed by atoms with van der Waals surface area (Å²) in [6.07, 6.45) is -2.81. The molecule has 1 aromatic heterocycles. The minimum absolute atomic E-state index is 0.0256. The molecule has 0 aromatic carbocycles. The highest BCUT2D eigenvalue weighted by atomic mass is 32.2. The van der Waals surface area contributed by atoms with Gasteiger partial charge in [0.25, 0.3) is 0 Å². The monoisotopic (exact) mass is 256 g/mol. The number of esters is 1. The molecule has 1 aromatic rings. The molecular weight excluding hydrogens is 249 g/mol. The van der Waals surface area contributed by atoms with Crippen LogP contribution in [-0.2, 0) is 10.9 Å². The Kier molecular flexibility index (Phi) is 3.67. The van der Waals surface area contributed by atoms with Crippen LogP contribution in [0.1, 0.15) is 15.2 Å². The third kappa shape index (κ3) is 2.66. The van der Waals surface area contributed by atoms with Gasteiger partial charge >= 0.3 is 12.1 Å². The lowest BCUT2D eigenvalue weighted by Gasteiger charge is -2.00. The number of alkyl halides is 3. The number of carbonyl (C=O) groups is 1. The van der Waals surface area contributed by atoms with E-state index in [1.807, 2.05) is 0 Å². The van der Waals surface area contributed by atoms with Crippen molar-refractivity contribution in [3.8, 4) is 0 Å². The summed E-state index contributed by atoms with van der Waals surface area (Å²) < 4.78 is 41.7. The Labute approximate surface area is 92.4 Å². The van der Waals surface area contributed by atoms with E-state index in [2.05, 4.69) is 4.74 Å². The molecule has 0 amide bonds. The predicted molar refractivity (Wildman–Crippen MR) is 52.4 cm³/mol. The SMILES string of the molecule is COC(=O)c1cc(C(F)(F)F)sc1SC. The minimum Gasteiger partial charge on any atom is -0.465 e. The zero-order valence-corrected chi connectivity index (χ0v) is 9.48. The van der Waals surface area contributed by atoms with Crippen molar-refractivity contribution in [3.05, 3.63) is 16.5 Å². The van der Waals surface area contributed by atoms with Crippen molar-refractivity contribution < 1.29 is 22.7 Å². The molecule has 0 aliphatic carbocycles. The first-order chi connectivity index (χ1) is 6.90. The number of halogens is 3. The van der Waals surface area contributed by atoms with E-state index in [1.165, 1.54) is 0 Å². The highest BCUT2D eigenvalue weighted by Crippen LogP contribution is 2.40. The van der Waals surface area contributed by atoms with Gasteiger partial charge in [0.15, 0.2) is 0 Å². The second-order valence-electron chi connectivity index (χ2n) is 2.51. The Balaban J connectivity index is 3.17. The van der Waals surface area contributed by atoms with E-state index >= 15 is 0 Å². The highest BCUT2D eigenvalue weighted by Gasteiger charge is 2.35. The largest absolute Gasteiger partial charge is 0.465 e. The summed E-state index contributed by atoms with van der Waals surface area (Å²) in [7, 11) is 1.14. The molecule has 2 nitrogen and oxygen atoms in total. The third-order valence-corrected chi connectivity index (χ3v) is 3.88. The summed E-state index contributed by atoms with van der Waals surface area (Å²) in [5.41, 5.74) is -0.0256. The van der Waals surface area contributed by atoms with Crippen LogP contribution in [0.25, 0.3) is 0 Å². The van der Waals surface area contributed by atoms with Crippen LogP contribution in [0.2, 0.25) is 0 Å². The van der Waals surface area contributed by atoms with Crippen LogP contribution in [0, 0.1) is 0 Å². The first-order valence-corrected chi connectivity index (χ1v) is 5.77. The minimum atomic E-state index is -4.42. The molecule has 0 radical (unpaired) electrons. The van der Waals surface area contributed by atoms with Gasteiger partial charge in [0.2, 0.25) is 0 Å². The zero-order chi connectivity index (χ0) is 11.6.